The molecule has 0 amide bonds. The number of nitrogens with zero attached hydrogens (tertiary/aromatic N) is 2. The van der Waals surface area contributed by atoms with E-state index in [9.17, 15) is 9.90 Å². The second-order valence-corrected chi connectivity index (χ2v) is 4.87. The lowest BCUT2D eigenvalue weighted by Crippen LogP contribution is -2.03. The number of aromatic carboxylic acids is 1. The van der Waals surface area contributed by atoms with Crippen LogP contribution in [-0.2, 0) is 0 Å². The number of fused-ring (bicyclic) bond motifs is 1. The van der Waals surface area contributed by atoms with Gasteiger partial charge in [-0.3, -0.25) is 4.40 Å². The number of imidazole rings is 1. The van der Waals surface area contributed by atoms with E-state index in [0.717, 1.165) is 16.7 Å². The third kappa shape index (κ3) is 1.86. The van der Waals surface area contributed by atoms with Gasteiger partial charge in [-0.1, -0.05) is 29.8 Å². The van der Waals surface area contributed by atoms with Crippen molar-refractivity contribution in [3.63, 3.8) is 0 Å². The Bertz CT molecular complexity index is 818. The molecule has 4 nitrogen and oxygen atoms in total. The molecule has 0 aliphatic heterocycles. The number of benzene rings is 1. The minimum Gasteiger partial charge on any atom is -0.476 e. The van der Waals surface area contributed by atoms with Crippen molar-refractivity contribution >= 4 is 11.6 Å². The van der Waals surface area contributed by atoms with Gasteiger partial charge in [0.1, 0.15) is 11.3 Å². The molecule has 0 saturated carbocycles. The monoisotopic (exact) mass is 266 g/mol. The van der Waals surface area contributed by atoms with Crippen LogP contribution in [0.15, 0.2) is 42.6 Å². The summed E-state index contributed by atoms with van der Waals surface area (Å²) in [6.45, 7) is 3.90. The average Bonchev–Trinajstić information content (AvgIpc) is 2.79. The molecule has 1 aromatic carbocycles. The molecule has 3 rings (SSSR count). The van der Waals surface area contributed by atoms with Gasteiger partial charge in [-0.25, -0.2) is 9.78 Å². The highest BCUT2D eigenvalue weighted by Gasteiger charge is 2.20. The van der Waals surface area contributed by atoms with Gasteiger partial charge in [0.25, 0.3) is 0 Å². The minimum atomic E-state index is -0.973. The number of aromatic nitrogens is 2. The fourth-order valence-electron chi connectivity index (χ4n) is 2.40. The highest BCUT2D eigenvalue weighted by atomic mass is 16.4. The van der Waals surface area contributed by atoms with Crippen molar-refractivity contribution < 1.29 is 9.90 Å². The van der Waals surface area contributed by atoms with Crippen molar-refractivity contribution in [1.29, 1.82) is 0 Å². The van der Waals surface area contributed by atoms with E-state index in [2.05, 4.69) is 4.98 Å². The molecular formula is C16H14N2O2. The maximum absolute atomic E-state index is 11.6. The first-order valence-electron chi connectivity index (χ1n) is 6.36. The summed E-state index contributed by atoms with van der Waals surface area (Å²) in [5.41, 5.74) is 4.25. The van der Waals surface area contributed by atoms with Crippen LogP contribution in [0.1, 0.15) is 21.6 Å². The maximum Gasteiger partial charge on any atom is 0.355 e. The lowest BCUT2D eigenvalue weighted by atomic mass is 10.1. The Morgan fingerprint density at radius 1 is 1.20 bits per heavy atom. The Labute approximate surface area is 116 Å². The fraction of sp³-hybridized carbons (Fsp3) is 0.125. The van der Waals surface area contributed by atoms with Gasteiger partial charge >= 0.3 is 5.97 Å². The van der Waals surface area contributed by atoms with Crippen LogP contribution in [0.4, 0.5) is 0 Å². The van der Waals surface area contributed by atoms with Crippen LogP contribution in [-0.4, -0.2) is 20.5 Å². The van der Waals surface area contributed by atoms with Crippen molar-refractivity contribution in [3.05, 3.63) is 59.4 Å². The largest absolute Gasteiger partial charge is 0.476 e. The van der Waals surface area contributed by atoms with Crippen LogP contribution in [0.3, 0.4) is 0 Å². The summed E-state index contributed by atoms with van der Waals surface area (Å²) in [7, 11) is 0. The first-order valence-corrected chi connectivity index (χ1v) is 6.36. The molecule has 0 aliphatic rings. The first-order chi connectivity index (χ1) is 9.58. The fourth-order valence-corrected chi connectivity index (χ4v) is 2.40. The van der Waals surface area contributed by atoms with Crippen molar-refractivity contribution in [2.75, 3.05) is 0 Å². The molecule has 20 heavy (non-hydrogen) atoms. The van der Waals surface area contributed by atoms with Crippen LogP contribution in [0.25, 0.3) is 16.9 Å². The second kappa shape index (κ2) is 4.49. The van der Waals surface area contributed by atoms with Gasteiger partial charge in [-0.05, 0) is 31.5 Å². The topological polar surface area (TPSA) is 54.6 Å². The molecule has 0 atom stereocenters. The van der Waals surface area contributed by atoms with Gasteiger partial charge in [0.15, 0.2) is 5.69 Å². The number of hydrogen-bond donors (Lipinski definition) is 1. The van der Waals surface area contributed by atoms with Gasteiger partial charge in [0, 0.05) is 11.8 Å². The molecule has 0 spiro atoms. The molecule has 0 saturated heterocycles. The van der Waals surface area contributed by atoms with E-state index < -0.39 is 5.97 Å². The summed E-state index contributed by atoms with van der Waals surface area (Å²) < 4.78 is 1.63. The van der Waals surface area contributed by atoms with Crippen molar-refractivity contribution in [2.45, 2.75) is 13.8 Å². The van der Waals surface area contributed by atoms with Crippen LogP contribution < -0.4 is 0 Å². The van der Waals surface area contributed by atoms with Gasteiger partial charge < -0.3 is 5.11 Å². The Balaban J connectivity index is 2.38. The molecule has 0 unspecified atom stereocenters. The number of carbonyl (C=O) groups is 1. The molecule has 0 aliphatic carbocycles. The summed E-state index contributed by atoms with van der Waals surface area (Å²) in [6.07, 6.45) is 1.73. The van der Waals surface area contributed by atoms with Crippen LogP contribution in [0, 0.1) is 13.8 Å². The Hall–Kier alpha value is -2.62. The number of hydrogen-bond acceptors (Lipinski definition) is 2. The van der Waals surface area contributed by atoms with Crippen LogP contribution in [0.2, 0.25) is 0 Å². The van der Waals surface area contributed by atoms with E-state index in [1.54, 1.807) is 10.6 Å². The van der Waals surface area contributed by atoms with E-state index in [-0.39, 0.29) is 5.69 Å². The molecule has 100 valence electrons. The zero-order chi connectivity index (χ0) is 14.3. The van der Waals surface area contributed by atoms with E-state index in [4.69, 9.17) is 0 Å². The smallest absolute Gasteiger partial charge is 0.355 e. The summed E-state index contributed by atoms with van der Waals surface area (Å²) >= 11 is 0. The molecular weight excluding hydrogens is 252 g/mol. The molecule has 1 N–H and O–H groups in total. The maximum atomic E-state index is 11.6. The second-order valence-electron chi connectivity index (χ2n) is 4.87. The summed E-state index contributed by atoms with van der Waals surface area (Å²) in [5.74, 6) is -0.973. The van der Waals surface area contributed by atoms with E-state index in [1.807, 2.05) is 50.2 Å². The van der Waals surface area contributed by atoms with Crippen molar-refractivity contribution in [3.8, 4) is 11.3 Å². The zero-order valence-corrected chi connectivity index (χ0v) is 11.3. The van der Waals surface area contributed by atoms with Gasteiger partial charge in [0.2, 0.25) is 0 Å². The molecule has 0 fully saturated rings. The third-order valence-corrected chi connectivity index (χ3v) is 3.34. The summed E-state index contributed by atoms with van der Waals surface area (Å²) in [4.78, 5) is 16.1. The molecule has 4 heteroatoms. The predicted molar refractivity (Wildman–Crippen MR) is 77.1 cm³/mol. The lowest BCUT2D eigenvalue weighted by Gasteiger charge is -2.01. The molecule has 0 bridgehead atoms. The van der Waals surface area contributed by atoms with Crippen LogP contribution >= 0.6 is 0 Å². The standard InChI is InChI=1S/C16H14N2O2/c1-10-5-3-7-12(9-10)13-14(16(19)20)18-8-4-6-11(2)15(18)17-13/h3-9H,1-2H3,(H,19,20). The first kappa shape index (κ1) is 12.4. The normalized spacial score (nSPS) is 10.9. The van der Waals surface area contributed by atoms with Gasteiger partial charge in [0.05, 0.1) is 0 Å². The highest BCUT2D eigenvalue weighted by molar-refractivity contribution is 5.95. The highest BCUT2D eigenvalue weighted by Crippen LogP contribution is 2.26. The van der Waals surface area contributed by atoms with E-state index in [0.29, 0.717) is 11.3 Å². The SMILES string of the molecule is Cc1cccc(-c2nc3c(C)cccn3c2C(=O)O)c1. The number of pyridine rings is 1. The Kier molecular flexibility index (Phi) is 2.79. The number of rotatable bonds is 2. The number of aryl methyl sites for hydroxylation is 2. The number of carboxylic acid groups (broad SMARTS) is 1. The average molecular weight is 266 g/mol. The molecule has 2 heterocycles. The van der Waals surface area contributed by atoms with Crippen molar-refractivity contribution in [1.82, 2.24) is 9.38 Å². The zero-order valence-electron chi connectivity index (χ0n) is 11.3. The van der Waals surface area contributed by atoms with E-state index >= 15 is 0 Å². The summed E-state index contributed by atoms with van der Waals surface area (Å²) in [6, 6.07) is 11.5. The number of carboxylic acids is 1. The molecule has 3 aromatic rings. The predicted octanol–water partition coefficient (Wildman–Crippen LogP) is 3.32. The van der Waals surface area contributed by atoms with Gasteiger partial charge in [-0.15, -0.1) is 0 Å². The van der Waals surface area contributed by atoms with Crippen molar-refractivity contribution in [2.24, 2.45) is 0 Å². The van der Waals surface area contributed by atoms with Gasteiger partial charge in [-0.2, -0.15) is 0 Å². The molecule has 2 aromatic heterocycles. The Morgan fingerprint density at radius 3 is 2.70 bits per heavy atom. The summed E-state index contributed by atoms with van der Waals surface area (Å²) in [5, 5.41) is 9.51. The third-order valence-electron chi connectivity index (χ3n) is 3.34. The van der Waals surface area contributed by atoms with Crippen LogP contribution in [0.5, 0.6) is 0 Å². The quantitative estimate of drug-likeness (QED) is 0.774. The lowest BCUT2D eigenvalue weighted by molar-refractivity contribution is 0.0690. The van der Waals surface area contributed by atoms with E-state index in [1.165, 1.54) is 0 Å². The Morgan fingerprint density at radius 2 is 2.00 bits per heavy atom. The minimum absolute atomic E-state index is 0.203. The molecule has 0 radical (unpaired) electrons.